The number of hydrogen-bond acceptors (Lipinski definition) is 2. The van der Waals surface area contributed by atoms with Crippen LogP contribution in [-0.2, 0) is 0 Å². The number of likely N-dealkylation sites (tertiary alicyclic amines) is 1. The minimum absolute atomic E-state index is 0.185. The Morgan fingerprint density at radius 2 is 1.96 bits per heavy atom. The van der Waals surface area contributed by atoms with E-state index in [1.807, 2.05) is 0 Å². The van der Waals surface area contributed by atoms with E-state index in [1.54, 1.807) is 0 Å². The maximum Gasteiger partial charge on any atom is 0.0553 e. The van der Waals surface area contributed by atoms with Crippen molar-refractivity contribution in [3.8, 4) is 0 Å². The van der Waals surface area contributed by atoms with Crippen LogP contribution in [0, 0.1) is 23.2 Å². The molecule has 3 rings (SSSR count). The number of nitrogens with one attached hydrogen (secondary N) is 1. The van der Waals surface area contributed by atoms with Crippen LogP contribution in [0.1, 0.15) is 53.4 Å². The lowest BCUT2D eigenvalue weighted by Gasteiger charge is -2.46. The van der Waals surface area contributed by atoms with E-state index in [9.17, 15) is 0 Å². The van der Waals surface area contributed by atoms with Gasteiger partial charge in [-0.15, -0.1) is 11.6 Å². The molecule has 3 aliphatic rings. The van der Waals surface area contributed by atoms with Crippen molar-refractivity contribution in [2.24, 2.45) is 23.2 Å². The second-order valence-electron chi connectivity index (χ2n) is 9.95. The molecule has 2 unspecified atom stereocenters. The fourth-order valence-corrected chi connectivity index (χ4v) is 5.22. The normalized spacial score (nSPS) is 30.1. The van der Waals surface area contributed by atoms with Gasteiger partial charge in [0.05, 0.1) is 5.38 Å². The average Bonchev–Trinajstić information content (AvgIpc) is 3.12. The van der Waals surface area contributed by atoms with Gasteiger partial charge >= 0.3 is 0 Å². The molecule has 0 spiro atoms. The fraction of sp³-hybridized carbons (Fsp3) is 0.750. The molecule has 0 amide bonds. The van der Waals surface area contributed by atoms with E-state index >= 15 is 0 Å². The highest BCUT2D eigenvalue weighted by atomic mass is 35.5. The van der Waals surface area contributed by atoms with E-state index in [4.69, 9.17) is 11.6 Å². The average molecular weight is 391 g/mol. The number of piperidine rings is 1. The van der Waals surface area contributed by atoms with Gasteiger partial charge in [-0.2, -0.15) is 0 Å². The van der Waals surface area contributed by atoms with Crippen molar-refractivity contribution in [1.29, 1.82) is 0 Å². The predicted octanol–water partition coefficient (Wildman–Crippen LogP) is 5.41. The highest BCUT2D eigenvalue weighted by Gasteiger charge is 2.38. The Morgan fingerprint density at radius 1 is 1.22 bits per heavy atom. The molecule has 1 heterocycles. The standard InChI is InChI=1S/C24H39ClN2/c1-18(2)23(26-15-19-7-5-6-8-19)16-27-14-13-22(24(3,4)17-27)20-9-11-21(25)12-10-20/h5-6,9-11,18-19,21-23,26H,7-8,12-17H2,1-4H3/t21?,22?,23-/m0/s1. The summed E-state index contributed by atoms with van der Waals surface area (Å²) in [5.74, 6) is 2.14. The van der Waals surface area contributed by atoms with Crippen LogP contribution in [0.5, 0.6) is 0 Å². The summed E-state index contributed by atoms with van der Waals surface area (Å²) < 4.78 is 0. The van der Waals surface area contributed by atoms with Gasteiger partial charge in [-0.1, -0.05) is 58.1 Å². The van der Waals surface area contributed by atoms with Gasteiger partial charge in [0.25, 0.3) is 0 Å². The molecular formula is C24H39ClN2. The zero-order valence-electron chi connectivity index (χ0n) is 17.8. The smallest absolute Gasteiger partial charge is 0.0553 e. The number of alkyl halides is 1. The first-order valence-corrected chi connectivity index (χ1v) is 11.4. The summed E-state index contributed by atoms with van der Waals surface area (Å²) in [6.45, 7) is 14.4. The van der Waals surface area contributed by atoms with Gasteiger partial charge in [0.15, 0.2) is 0 Å². The Morgan fingerprint density at radius 3 is 2.56 bits per heavy atom. The van der Waals surface area contributed by atoms with E-state index in [0.717, 1.165) is 18.9 Å². The highest BCUT2D eigenvalue weighted by molar-refractivity contribution is 6.22. The van der Waals surface area contributed by atoms with E-state index in [0.29, 0.717) is 23.3 Å². The zero-order chi connectivity index (χ0) is 19.4. The van der Waals surface area contributed by atoms with Gasteiger partial charge in [-0.05, 0) is 67.5 Å². The topological polar surface area (TPSA) is 15.3 Å². The van der Waals surface area contributed by atoms with Gasteiger partial charge in [-0.25, -0.2) is 0 Å². The maximum atomic E-state index is 6.23. The Balaban J connectivity index is 1.54. The monoisotopic (exact) mass is 390 g/mol. The molecule has 152 valence electrons. The summed E-state index contributed by atoms with van der Waals surface area (Å²) in [6, 6.07) is 0.587. The van der Waals surface area contributed by atoms with Gasteiger partial charge < -0.3 is 10.2 Å². The van der Waals surface area contributed by atoms with E-state index < -0.39 is 0 Å². The lowest BCUT2D eigenvalue weighted by Crippen LogP contribution is -2.52. The lowest BCUT2D eigenvalue weighted by atomic mass is 9.69. The second kappa shape index (κ2) is 9.29. The van der Waals surface area contributed by atoms with Crippen LogP contribution in [0.4, 0.5) is 0 Å². The van der Waals surface area contributed by atoms with Crippen LogP contribution >= 0.6 is 11.6 Å². The van der Waals surface area contributed by atoms with E-state index in [2.05, 4.69) is 68.3 Å². The van der Waals surface area contributed by atoms with E-state index in [-0.39, 0.29) is 5.38 Å². The molecule has 0 aromatic carbocycles. The highest BCUT2D eigenvalue weighted by Crippen LogP contribution is 2.41. The summed E-state index contributed by atoms with van der Waals surface area (Å²) >= 11 is 6.23. The Labute approximate surface area is 172 Å². The fourth-order valence-electron chi connectivity index (χ4n) is 5.06. The van der Waals surface area contributed by atoms with Crippen molar-refractivity contribution < 1.29 is 0 Å². The molecule has 0 aromatic heterocycles. The molecule has 2 nitrogen and oxygen atoms in total. The van der Waals surface area contributed by atoms with Crippen LogP contribution in [-0.4, -0.2) is 42.5 Å². The van der Waals surface area contributed by atoms with Crippen molar-refractivity contribution in [2.45, 2.75) is 64.8 Å². The van der Waals surface area contributed by atoms with Gasteiger partial charge in [0.1, 0.15) is 0 Å². The molecule has 3 atom stereocenters. The number of rotatable bonds is 7. The summed E-state index contributed by atoms with van der Waals surface area (Å²) in [6.07, 6.45) is 16.3. The molecule has 0 radical (unpaired) electrons. The minimum atomic E-state index is 0.185. The molecule has 1 saturated heterocycles. The predicted molar refractivity (Wildman–Crippen MR) is 118 cm³/mol. The Hall–Kier alpha value is -0.570. The molecular weight excluding hydrogens is 352 g/mol. The Kier molecular flexibility index (Phi) is 7.27. The molecule has 2 aliphatic carbocycles. The van der Waals surface area contributed by atoms with Crippen molar-refractivity contribution in [3.63, 3.8) is 0 Å². The first-order valence-electron chi connectivity index (χ1n) is 11.0. The van der Waals surface area contributed by atoms with Crippen molar-refractivity contribution in [2.75, 3.05) is 26.2 Å². The van der Waals surface area contributed by atoms with Gasteiger partial charge in [0.2, 0.25) is 0 Å². The van der Waals surface area contributed by atoms with Gasteiger partial charge in [0, 0.05) is 19.1 Å². The van der Waals surface area contributed by atoms with Crippen LogP contribution in [0.25, 0.3) is 0 Å². The molecule has 1 fully saturated rings. The van der Waals surface area contributed by atoms with E-state index in [1.165, 1.54) is 44.5 Å². The van der Waals surface area contributed by atoms with Crippen LogP contribution < -0.4 is 5.32 Å². The van der Waals surface area contributed by atoms with Crippen molar-refractivity contribution in [1.82, 2.24) is 10.2 Å². The maximum absolute atomic E-state index is 6.23. The van der Waals surface area contributed by atoms with Crippen LogP contribution in [0.2, 0.25) is 0 Å². The molecule has 0 aromatic rings. The van der Waals surface area contributed by atoms with Crippen LogP contribution in [0.3, 0.4) is 0 Å². The summed E-state index contributed by atoms with van der Waals surface area (Å²) in [5.41, 5.74) is 1.83. The van der Waals surface area contributed by atoms with Gasteiger partial charge in [-0.3, -0.25) is 0 Å². The molecule has 1 aliphatic heterocycles. The molecule has 0 bridgehead atoms. The second-order valence-corrected chi connectivity index (χ2v) is 10.5. The number of halogens is 1. The quantitative estimate of drug-likeness (QED) is 0.462. The third-order valence-electron chi connectivity index (χ3n) is 6.82. The number of hydrogen-bond donors (Lipinski definition) is 1. The molecule has 27 heavy (non-hydrogen) atoms. The van der Waals surface area contributed by atoms with Crippen LogP contribution in [0.15, 0.2) is 36.0 Å². The first kappa shape index (κ1) is 21.1. The summed E-state index contributed by atoms with van der Waals surface area (Å²) in [7, 11) is 0. The third kappa shape index (κ3) is 5.71. The van der Waals surface area contributed by atoms with Crippen molar-refractivity contribution in [3.05, 3.63) is 36.0 Å². The molecule has 0 saturated carbocycles. The third-order valence-corrected chi connectivity index (χ3v) is 7.14. The first-order chi connectivity index (χ1) is 12.8. The zero-order valence-corrected chi connectivity index (χ0v) is 18.5. The van der Waals surface area contributed by atoms with Crippen molar-refractivity contribution >= 4 is 11.6 Å². The Bertz CT molecular complexity index is 567. The SMILES string of the molecule is CC(C)[C@H](CN1CCC(C2=CCC(Cl)C=C2)C(C)(C)C1)NCC1CC=CC1. The summed E-state index contributed by atoms with van der Waals surface area (Å²) in [4.78, 5) is 2.71. The number of allylic oxidation sites excluding steroid dienone is 6. The largest absolute Gasteiger partial charge is 0.312 e. The number of nitrogens with zero attached hydrogens (tertiary/aromatic N) is 1. The molecule has 3 heteroatoms. The summed E-state index contributed by atoms with van der Waals surface area (Å²) in [5, 5.41) is 4.08. The lowest BCUT2D eigenvalue weighted by molar-refractivity contribution is 0.0627. The molecule has 1 N–H and O–H groups in total. The minimum Gasteiger partial charge on any atom is -0.312 e.